The Morgan fingerprint density at radius 2 is 1.81 bits per heavy atom. The number of ether oxygens (including phenoxy) is 1. The van der Waals surface area contributed by atoms with E-state index in [4.69, 9.17) is 31.3 Å². The average molecular weight is 611 g/mol. The van der Waals surface area contributed by atoms with Gasteiger partial charge in [0.05, 0.1) is 17.6 Å². The number of carbonyl (C=O) groups excluding carboxylic acids is 1. The summed E-state index contributed by atoms with van der Waals surface area (Å²) in [7, 11) is 1.64. The molecule has 1 aliphatic rings. The Morgan fingerprint density at radius 3 is 2.45 bits per heavy atom. The van der Waals surface area contributed by atoms with Crippen LogP contribution in [0.5, 0.6) is 0 Å². The first-order chi connectivity index (χ1) is 20.0. The molecule has 2 aromatic carbocycles. The predicted octanol–water partition coefficient (Wildman–Crippen LogP) is 4.28. The molecular formula is C29H34ClF3N4O5. The summed E-state index contributed by atoms with van der Waals surface area (Å²) >= 11 is 6.05. The number of alkyl halides is 3. The maximum absolute atomic E-state index is 13.3. The highest BCUT2D eigenvalue weighted by Gasteiger charge is 2.38. The van der Waals surface area contributed by atoms with E-state index in [2.05, 4.69) is 10.2 Å². The van der Waals surface area contributed by atoms with Gasteiger partial charge in [0.15, 0.2) is 0 Å². The monoisotopic (exact) mass is 610 g/mol. The van der Waals surface area contributed by atoms with Gasteiger partial charge in [0.25, 0.3) is 5.56 Å². The number of hydrogen-bond donors (Lipinski definition) is 2. The number of benzene rings is 2. The van der Waals surface area contributed by atoms with Crippen LogP contribution in [0.25, 0.3) is 10.8 Å². The van der Waals surface area contributed by atoms with Crippen LogP contribution in [-0.4, -0.2) is 77.2 Å². The van der Waals surface area contributed by atoms with Crippen molar-refractivity contribution in [3.05, 3.63) is 75.2 Å². The molecule has 9 nitrogen and oxygen atoms in total. The average Bonchev–Trinajstić information content (AvgIpc) is 3.39. The van der Waals surface area contributed by atoms with Crippen molar-refractivity contribution in [2.24, 2.45) is 0 Å². The zero-order valence-electron chi connectivity index (χ0n) is 23.2. The van der Waals surface area contributed by atoms with E-state index in [0.29, 0.717) is 42.9 Å². The lowest BCUT2D eigenvalue weighted by Crippen LogP contribution is -2.41. The highest BCUT2D eigenvalue weighted by molar-refractivity contribution is 6.30. The number of carboxylic acids is 1. The SMILES string of the molecule is COCCCC(=O)NCCN1CCC[C@@H]1Cn1nc(Cc2ccc(Cl)cc2)c2ccccc2c1=O.O=C(O)C(F)(F)F. The Labute approximate surface area is 246 Å². The maximum Gasteiger partial charge on any atom is 0.490 e. The van der Waals surface area contributed by atoms with Crippen molar-refractivity contribution in [3.63, 3.8) is 0 Å². The van der Waals surface area contributed by atoms with Crippen LogP contribution in [0.2, 0.25) is 5.02 Å². The van der Waals surface area contributed by atoms with E-state index in [1.807, 2.05) is 48.5 Å². The number of carbonyl (C=O) groups is 2. The number of nitrogens with zero attached hydrogens (tertiary/aromatic N) is 3. The second-order valence-corrected chi connectivity index (χ2v) is 10.3. The van der Waals surface area contributed by atoms with Gasteiger partial charge in [-0.15, -0.1) is 0 Å². The van der Waals surface area contributed by atoms with E-state index in [0.717, 1.165) is 49.0 Å². The first-order valence-electron chi connectivity index (χ1n) is 13.5. The largest absolute Gasteiger partial charge is 0.490 e. The minimum atomic E-state index is -5.08. The summed E-state index contributed by atoms with van der Waals surface area (Å²) in [6, 6.07) is 15.7. The van der Waals surface area contributed by atoms with Crippen molar-refractivity contribution in [3.8, 4) is 0 Å². The zero-order chi connectivity index (χ0) is 30.7. The minimum absolute atomic E-state index is 0.0528. The topological polar surface area (TPSA) is 114 Å². The maximum atomic E-state index is 13.3. The predicted molar refractivity (Wildman–Crippen MR) is 153 cm³/mol. The molecule has 0 saturated carbocycles. The van der Waals surface area contributed by atoms with Crippen molar-refractivity contribution < 1.29 is 32.6 Å². The van der Waals surface area contributed by atoms with E-state index in [1.54, 1.807) is 11.8 Å². The first kappa shape index (κ1) is 33.0. The third-order valence-corrected chi connectivity index (χ3v) is 7.08. The van der Waals surface area contributed by atoms with Gasteiger partial charge in [-0.3, -0.25) is 14.5 Å². The van der Waals surface area contributed by atoms with Gasteiger partial charge in [0.2, 0.25) is 5.91 Å². The number of methoxy groups -OCH3 is 1. The fraction of sp³-hybridized carbons (Fsp3) is 0.448. The molecule has 2 heterocycles. The number of aliphatic carboxylic acids is 1. The Hall–Kier alpha value is -3.48. The summed E-state index contributed by atoms with van der Waals surface area (Å²) < 4.78 is 38.4. The van der Waals surface area contributed by atoms with Crippen LogP contribution in [-0.2, 0) is 27.3 Å². The van der Waals surface area contributed by atoms with Gasteiger partial charge in [0.1, 0.15) is 0 Å². The second kappa shape index (κ2) is 15.7. The number of nitrogens with one attached hydrogen (secondary N) is 1. The molecule has 4 rings (SSSR count). The van der Waals surface area contributed by atoms with Crippen molar-refractivity contribution in [1.29, 1.82) is 0 Å². The van der Waals surface area contributed by atoms with E-state index >= 15 is 0 Å². The number of carboxylic acid groups (broad SMARTS) is 1. The molecule has 1 aliphatic heterocycles. The Bertz CT molecular complexity index is 1400. The van der Waals surface area contributed by atoms with Crippen molar-refractivity contribution in [2.45, 2.75) is 50.9 Å². The van der Waals surface area contributed by atoms with Gasteiger partial charge in [-0.05, 0) is 49.6 Å². The molecule has 1 saturated heterocycles. The van der Waals surface area contributed by atoms with Crippen molar-refractivity contribution in [1.82, 2.24) is 20.0 Å². The van der Waals surface area contributed by atoms with Crippen LogP contribution in [0, 0.1) is 0 Å². The van der Waals surface area contributed by atoms with Crippen LogP contribution in [0.1, 0.15) is 36.9 Å². The molecule has 1 aromatic heterocycles. The van der Waals surface area contributed by atoms with E-state index < -0.39 is 12.1 Å². The molecule has 1 amide bonds. The molecule has 0 spiro atoms. The Kier molecular flexibility index (Phi) is 12.3. The summed E-state index contributed by atoms with van der Waals surface area (Å²) in [5.41, 5.74) is 1.93. The third-order valence-electron chi connectivity index (χ3n) is 6.83. The second-order valence-electron chi connectivity index (χ2n) is 9.86. The molecule has 0 unspecified atom stereocenters. The van der Waals surface area contributed by atoms with E-state index in [-0.39, 0.29) is 17.5 Å². The number of halogens is 4. The van der Waals surface area contributed by atoms with Crippen molar-refractivity contribution in [2.75, 3.05) is 33.4 Å². The highest BCUT2D eigenvalue weighted by atomic mass is 35.5. The number of hydrogen-bond acceptors (Lipinski definition) is 6. The Balaban J connectivity index is 0.000000616. The number of rotatable bonds is 11. The summed E-state index contributed by atoms with van der Waals surface area (Å²) in [4.78, 5) is 36.5. The van der Waals surface area contributed by atoms with E-state index in [1.165, 1.54) is 0 Å². The third kappa shape index (κ3) is 9.81. The van der Waals surface area contributed by atoms with Crippen LogP contribution in [0.15, 0.2) is 53.3 Å². The van der Waals surface area contributed by atoms with E-state index in [9.17, 15) is 22.8 Å². The summed E-state index contributed by atoms with van der Waals surface area (Å²) in [6.45, 7) is 3.46. The molecule has 3 aromatic rings. The van der Waals surface area contributed by atoms with Gasteiger partial charge in [0, 0.05) is 56.1 Å². The lowest BCUT2D eigenvalue weighted by atomic mass is 10.0. The van der Waals surface area contributed by atoms with Crippen LogP contribution in [0.3, 0.4) is 0 Å². The smallest absolute Gasteiger partial charge is 0.475 e. The molecule has 1 fully saturated rings. The molecule has 2 N–H and O–H groups in total. The number of aromatic nitrogens is 2. The molecule has 228 valence electrons. The molecule has 13 heteroatoms. The highest BCUT2D eigenvalue weighted by Crippen LogP contribution is 2.21. The fourth-order valence-corrected chi connectivity index (χ4v) is 4.88. The zero-order valence-corrected chi connectivity index (χ0v) is 24.0. The van der Waals surface area contributed by atoms with Gasteiger partial charge in [-0.2, -0.15) is 18.3 Å². The quantitative estimate of drug-likeness (QED) is 0.312. The molecule has 0 radical (unpaired) electrons. The summed E-state index contributed by atoms with van der Waals surface area (Å²) in [6.07, 6.45) is -1.17. The van der Waals surface area contributed by atoms with Gasteiger partial charge in [-0.1, -0.05) is 41.9 Å². The lowest BCUT2D eigenvalue weighted by molar-refractivity contribution is -0.192. The number of likely N-dealkylation sites (tertiary alicyclic amines) is 1. The van der Waals surface area contributed by atoms with Crippen LogP contribution in [0.4, 0.5) is 13.2 Å². The standard InChI is InChI=1S/C27H33ClN4O3.C2HF3O2/c1-35-17-5-9-26(33)29-14-16-31-15-4-6-22(31)19-32-27(34)24-8-3-2-7-23(24)25(30-32)18-20-10-12-21(28)13-11-20;3-2(4,5)1(6)7/h2-3,7-8,10-13,22H,4-6,9,14-19H2,1H3,(H,29,33);(H,6,7)/t22-;/m1./s1. The molecule has 1 atom stereocenters. The fourth-order valence-electron chi connectivity index (χ4n) is 4.76. The molecular weight excluding hydrogens is 577 g/mol. The van der Waals surface area contributed by atoms with Crippen molar-refractivity contribution >= 4 is 34.2 Å². The molecule has 0 aliphatic carbocycles. The normalized spacial score (nSPS) is 15.3. The minimum Gasteiger partial charge on any atom is -0.475 e. The molecule has 42 heavy (non-hydrogen) atoms. The van der Waals surface area contributed by atoms with Gasteiger partial charge < -0.3 is 15.2 Å². The number of amides is 1. The first-order valence-corrected chi connectivity index (χ1v) is 13.9. The lowest BCUT2D eigenvalue weighted by Gasteiger charge is -2.25. The summed E-state index contributed by atoms with van der Waals surface area (Å²) in [5.74, 6) is -2.70. The molecule has 0 bridgehead atoms. The van der Waals surface area contributed by atoms with Gasteiger partial charge >= 0.3 is 12.1 Å². The van der Waals surface area contributed by atoms with Gasteiger partial charge in [-0.25, -0.2) is 9.48 Å². The van der Waals surface area contributed by atoms with Crippen LogP contribution >= 0.6 is 11.6 Å². The Morgan fingerprint density at radius 1 is 1.14 bits per heavy atom. The summed E-state index contributed by atoms with van der Waals surface area (Å²) in [5, 5.41) is 17.2. The van der Waals surface area contributed by atoms with Crippen LogP contribution < -0.4 is 10.9 Å². The number of fused-ring (bicyclic) bond motifs is 1.